The minimum atomic E-state index is -0.400. The number of nitrogens with zero attached hydrogens (tertiary/aromatic N) is 11. The van der Waals surface area contributed by atoms with Crippen molar-refractivity contribution in [2.45, 2.75) is 0 Å². The van der Waals surface area contributed by atoms with E-state index in [4.69, 9.17) is 29.7 Å². The van der Waals surface area contributed by atoms with E-state index in [1.54, 1.807) is 45.9 Å². The van der Waals surface area contributed by atoms with Crippen LogP contribution in [-0.4, -0.2) is 141 Å². The van der Waals surface area contributed by atoms with Crippen LogP contribution in [0.5, 0.6) is 23.0 Å². The molecule has 0 spiro atoms. The van der Waals surface area contributed by atoms with Crippen molar-refractivity contribution in [1.29, 1.82) is 0 Å². The summed E-state index contributed by atoms with van der Waals surface area (Å²) in [5.74, 6) is 4.76. The van der Waals surface area contributed by atoms with Gasteiger partial charge in [-0.05, 0) is 82.8 Å². The maximum atomic E-state index is 11.9. The summed E-state index contributed by atoms with van der Waals surface area (Å²) in [5, 5.41) is 20.2. The summed E-state index contributed by atoms with van der Waals surface area (Å²) in [6, 6.07) is 26.2. The number of fused-ring (bicyclic) bond motifs is 2. The molecule has 0 saturated heterocycles. The fraction of sp³-hybridized carbons (Fsp3) is 0.280. The van der Waals surface area contributed by atoms with E-state index in [0.717, 1.165) is 64.4 Å². The maximum Gasteiger partial charge on any atom is 0.294 e. The monoisotopic (exact) mass is 1010 g/mol. The molecule has 0 aliphatic carbocycles. The molecule has 20 nitrogen and oxygen atoms in total. The van der Waals surface area contributed by atoms with Crippen LogP contribution in [0.1, 0.15) is 0 Å². The number of rotatable bonds is 19. The second-order valence-corrected chi connectivity index (χ2v) is 16.7. The molecule has 8 aromatic rings. The summed E-state index contributed by atoms with van der Waals surface area (Å²) in [6.07, 6.45) is 7.22. The molecule has 71 heavy (non-hydrogen) atoms. The molecule has 4 heterocycles. The van der Waals surface area contributed by atoms with Gasteiger partial charge in [0.1, 0.15) is 40.3 Å². The third-order valence-electron chi connectivity index (χ3n) is 11.5. The smallest absolute Gasteiger partial charge is 0.294 e. The van der Waals surface area contributed by atoms with Gasteiger partial charge in [0.2, 0.25) is 11.9 Å². The molecular weight excluding hydrogens is 948 g/mol. The molecule has 0 bridgehead atoms. The Labute approximate surface area is 423 Å². The van der Waals surface area contributed by atoms with Gasteiger partial charge in [-0.3, -0.25) is 10.1 Å². The quantitative estimate of drug-likeness (QED) is 0.0305. The number of nitrogens with two attached hydrogens (primary N) is 1. The number of methoxy groups -OCH3 is 4. The minimum absolute atomic E-state index is 0. The topological polar surface area (TPSA) is 205 Å². The number of benzene rings is 4. The van der Waals surface area contributed by atoms with E-state index in [-0.39, 0.29) is 28.7 Å². The summed E-state index contributed by atoms with van der Waals surface area (Å²) in [5.41, 5.74) is 11.4. The van der Waals surface area contributed by atoms with Crippen LogP contribution in [0.2, 0.25) is 0 Å². The number of likely N-dealkylation sites (N-methyl/N-ethyl adjacent to an activating group) is 4. The largest absolute Gasteiger partial charge is 0.496 e. The summed E-state index contributed by atoms with van der Waals surface area (Å²) < 4.78 is 26.1. The molecule has 21 heteroatoms. The molecule has 8 rings (SSSR count). The van der Waals surface area contributed by atoms with Gasteiger partial charge >= 0.3 is 0 Å². The van der Waals surface area contributed by atoms with Crippen molar-refractivity contribution in [3.63, 3.8) is 0 Å². The van der Waals surface area contributed by atoms with E-state index in [0.29, 0.717) is 52.6 Å². The Hall–Kier alpha value is -7.84. The van der Waals surface area contributed by atoms with E-state index in [9.17, 15) is 10.1 Å². The molecule has 4 aromatic heterocycles. The average Bonchev–Trinajstić information content (AvgIpc) is 4.01. The predicted molar refractivity (Wildman–Crippen MR) is 278 cm³/mol. The third kappa shape index (κ3) is 12.1. The molecule has 4 N–H and O–H groups in total. The van der Waals surface area contributed by atoms with Crippen molar-refractivity contribution in [3.05, 3.63) is 120 Å². The zero-order valence-electron chi connectivity index (χ0n) is 41.5. The molecule has 0 atom stereocenters. The first kappa shape index (κ1) is 52.5. The first-order chi connectivity index (χ1) is 33.7. The maximum absolute atomic E-state index is 11.9. The van der Waals surface area contributed by atoms with Crippen LogP contribution >= 0.6 is 0 Å². The van der Waals surface area contributed by atoms with Crippen LogP contribution in [0.4, 0.5) is 46.0 Å². The molecule has 0 saturated carbocycles. The van der Waals surface area contributed by atoms with Crippen LogP contribution in [0.25, 0.3) is 33.4 Å². The van der Waals surface area contributed by atoms with Gasteiger partial charge in [-0.15, -0.1) is 0 Å². The van der Waals surface area contributed by atoms with Crippen LogP contribution in [0, 0.1) is 10.1 Å². The van der Waals surface area contributed by atoms with Gasteiger partial charge in [-0.25, -0.2) is 9.97 Å². The standard InChI is InChI=1S/C25H29N7O4.C25H31N7O2.Fe/c1-29(2)13-14-30(3)20-16-23(36-5)18(15-21(20)32(33)34)27-25-26-11-9-24(28-25)31-12-10-17-19(31)7-6-8-22(17)35-4;1-30(2)13-14-31(3)21-16-23(34-5)19(15-18(21)26)28-25-27-11-9-24(29-25)32-12-10-17-20(32)7-6-8-22(17)33-4;/h6-12,15-16H,13-14H2,1-5H3,(H,26,27,28);6-12,15-16H,13-14,26H2,1-5H3,(H,27,28,29);. The van der Waals surface area contributed by atoms with E-state index in [1.165, 1.54) is 13.2 Å². The van der Waals surface area contributed by atoms with Crippen LogP contribution in [-0.2, 0) is 17.1 Å². The van der Waals surface area contributed by atoms with Crippen molar-refractivity contribution < 1.29 is 40.9 Å². The number of nitrogen functional groups attached to an aromatic ring is 1. The molecule has 0 amide bonds. The van der Waals surface area contributed by atoms with Crippen molar-refractivity contribution in [2.75, 3.05) is 123 Å². The third-order valence-corrected chi connectivity index (χ3v) is 11.5. The van der Waals surface area contributed by atoms with Crippen molar-refractivity contribution in [2.24, 2.45) is 0 Å². The number of anilines is 7. The van der Waals surface area contributed by atoms with Gasteiger partial charge in [0.05, 0.1) is 67.1 Å². The summed E-state index contributed by atoms with van der Waals surface area (Å²) in [4.78, 5) is 37.7. The molecule has 0 aliphatic heterocycles. The summed E-state index contributed by atoms with van der Waals surface area (Å²) >= 11 is 0. The molecule has 374 valence electrons. The number of nitro groups is 1. The van der Waals surface area contributed by atoms with E-state index in [2.05, 4.69) is 35.4 Å². The normalized spacial score (nSPS) is 10.9. The Morgan fingerprint density at radius 1 is 0.592 bits per heavy atom. The first-order valence-corrected chi connectivity index (χ1v) is 22.3. The zero-order chi connectivity index (χ0) is 50.1. The predicted octanol–water partition coefficient (Wildman–Crippen LogP) is 7.85. The van der Waals surface area contributed by atoms with Gasteiger partial charge in [-0.2, -0.15) is 9.97 Å². The van der Waals surface area contributed by atoms with Gasteiger partial charge < -0.3 is 64.0 Å². The molecule has 0 fully saturated rings. The van der Waals surface area contributed by atoms with Crippen LogP contribution in [0.3, 0.4) is 0 Å². The number of ether oxygens (including phenoxy) is 4. The Bertz CT molecular complexity index is 3090. The molecule has 4 aromatic carbocycles. The SMILES string of the molecule is COc1cc(N(C)CCN(C)C)c(N)cc1Nc1nccc(-n2ccc3c(OC)cccc32)n1.COc1cc(N(C)CCN(C)C)c([N+](=O)[O-])cc1Nc1nccc(-n2ccc3c(OC)cccc32)n1.[Fe]. The number of hydrogen-bond donors (Lipinski definition) is 3. The first-order valence-electron chi connectivity index (χ1n) is 22.3. The summed E-state index contributed by atoms with van der Waals surface area (Å²) in [6.45, 7) is 3.12. The fourth-order valence-electron chi connectivity index (χ4n) is 7.76. The van der Waals surface area contributed by atoms with E-state index < -0.39 is 4.92 Å². The average molecular weight is 1010 g/mol. The van der Waals surface area contributed by atoms with Gasteiger partial charge in [0, 0.05) is 111 Å². The fourth-order valence-corrected chi connectivity index (χ4v) is 7.76. The minimum Gasteiger partial charge on any atom is -0.496 e. The number of nitro benzene ring substituents is 1. The van der Waals surface area contributed by atoms with Gasteiger partial charge in [0.25, 0.3) is 5.69 Å². The molecule has 0 unspecified atom stereocenters. The van der Waals surface area contributed by atoms with Crippen molar-refractivity contribution in [3.8, 4) is 34.6 Å². The number of hydrogen-bond acceptors (Lipinski definition) is 17. The molecule has 0 radical (unpaired) electrons. The zero-order valence-corrected chi connectivity index (χ0v) is 42.6. The van der Waals surface area contributed by atoms with Crippen molar-refractivity contribution >= 4 is 67.8 Å². The van der Waals surface area contributed by atoms with Crippen LogP contribution < -0.4 is 45.1 Å². The van der Waals surface area contributed by atoms with Gasteiger partial charge in [-0.1, -0.05) is 12.1 Å². The number of nitrogens with one attached hydrogen (secondary N) is 2. The Balaban J connectivity index is 0.000000230. The Morgan fingerprint density at radius 3 is 1.46 bits per heavy atom. The van der Waals surface area contributed by atoms with E-state index in [1.807, 2.05) is 140 Å². The molecule has 0 aliphatic rings. The number of aromatic nitrogens is 6. The second kappa shape index (κ2) is 23.6. The Morgan fingerprint density at radius 2 is 1.03 bits per heavy atom. The summed E-state index contributed by atoms with van der Waals surface area (Å²) in [7, 11) is 18.3. The van der Waals surface area contributed by atoms with Crippen LogP contribution in [0.15, 0.2) is 110 Å². The van der Waals surface area contributed by atoms with Crippen molar-refractivity contribution in [1.82, 2.24) is 38.9 Å². The Kier molecular flexibility index (Phi) is 17.5. The van der Waals surface area contributed by atoms with Gasteiger partial charge in [0.15, 0.2) is 0 Å². The van der Waals surface area contributed by atoms with E-state index >= 15 is 0 Å². The second-order valence-electron chi connectivity index (χ2n) is 16.7. The molecular formula is C50H60FeN14O6.